The average molecular weight is 302 g/mol. The first-order valence-electron chi connectivity index (χ1n) is 9.00. The summed E-state index contributed by atoms with van der Waals surface area (Å²) in [6, 6.07) is 6.64. The van der Waals surface area contributed by atoms with Crippen molar-refractivity contribution in [3.63, 3.8) is 0 Å². The predicted molar refractivity (Wildman–Crippen MR) is 91.2 cm³/mol. The molecule has 1 heterocycles. The van der Waals surface area contributed by atoms with Gasteiger partial charge in [-0.25, -0.2) is 0 Å². The molecule has 3 heteroatoms. The van der Waals surface area contributed by atoms with Crippen LogP contribution in [0.3, 0.4) is 0 Å². The van der Waals surface area contributed by atoms with Gasteiger partial charge in [-0.05, 0) is 55.3 Å². The van der Waals surface area contributed by atoms with Gasteiger partial charge >= 0.3 is 0 Å². The lowest BCUT2D eigenvalue weighted by atomic mass is 9.89. The molecule has 0 saturated carbocycles. The highest BCUT2D eigenvalue weighted by Gasteiger charge is 2.18. The number of nitrogens with zero attached hydrogens (tertiary/aromatic N) is 2. The van der Waals surface area contributed by atoms with Crippen molar-refractivity contribution in [2.75, 3.05) is 39.3 Å². The van der Waals surface area contributed by atoms with Gasteiger partial charge in [0.15, 0.2) is 0 Å². The highest BCUT2D eigenvalue weighted by molar-refractivity contribution is 5.34. The van der Waals surface area contributed by atoms with Gasteiger partial charge in [0, 0.05) is 32.7 Å². The molecule has 0 amide bonds. The van der Waals surface area contributed by atoms with Crippen molar-refractivity contribution in [2.45, 2.75) is 45.1 Å². The zero-order valence-electron chi connectivity index (χ0n) is 13.9. The molecule has 1 N–H and O–H groups in total. The number of aryl methyl sites for hydroxylation is 2. The van der Waals surface area contributed by atoms with E-state index in [1.54, 1.807) is 0 Å². The molecule has 1 saturated heterocycles. The number of likely N-dealkylation sites (N-methyl/N-ethyl adjacent to an activating group) is 1. The average Bonchev–Trinajstić information content (AvgIpc) is 2.59. The van der Waals surface area contributed by atoms with Crippen LogP contribution >= 0.6 is 0 Å². The molecular weight excluding hydrogens is 272 g/mol. The molecule has 0 spiro atoms. The fraction of sp³-hybridized carbons (Fsp3) is 0.684. The van der Waals surface area contributed by atoms with E-state index in [-0.39, 0.29) is 6.10 Å². The Kier molecular flexibility index (Phi) is 5.51. The van der Waals surface area contributed by atoms with Crippen molar-refractivity contribution in [3.05, 3.63) is 34.9 Å². The van der Waals surface area contributed by atoms with E-state index in [0.29, 0.717) is 0 Å². The Labute approximate surface area is 134 Å². The zero-order chi connectivity index (χ0) is 15.4. The second-order valence-electron chi connectivity index (χ2n) is 6.82. The highest BCUT2D eigenvalue weighted by atomic mass is 16.3. The van der Waals surface area contributed by atoms with Crippen LogP contribution in [-0.2, 0) is 12.8 Å². The van der Waals surface area contributed by atoms with Crippen LogP contribution in [0.15, 0.2) is 18.2 Å². The molecule has 0 aromatic heterocycles. The Morgan fingerprint density at radius 3 is 2.41 bits per heavy atom. The van der Waals surface area contributed by atoms with Gasteiger partial charge in [-0.1, -0.05) is 25.1 Å². The van der Waals surface area contributed by atoms with Crippen molar-refractivity contribution >= 4 is 0 Å². The van der Waals surface area contributed by atoms with Crippen molar-refractivity contribution < 1.29 is 5.11 Å². The maximum absolute atomic E-state index is 10.5. The molecule has 1 unspecified atom stereocenters. The lowest BCUT2D eigenvalue weighted by Gasteiger charge is -2.34. The number of aliphatic hydroxyl groups is 1. The maximum atomic E-state index is 10.5. The molecule has 1 aliphatic heterocycles. The normalized spacial score (nSPS) is 21.5. The van der Waals surface area contributed by atoms with Crippen molar-refractivity contribution in [1.29, 1.82) is 0 Å². The first-order chi connectivity index (χ1) is 10.8. The number of rotatable bonds is 5. The summed E-state index contributed by atoms with van der Waals surface area (Å²) in [5.41, 5.74) is 4.09. The fourth-order valence-corrected chi connectivity index (χ4v) is 3.76. The Hall–Kier alpha value is -0.900. The topological polar surface area (TPSA) is 26.7 Å². The number of hydrogen-bond donors (Lipinski definition) is 1. The summed E-state index contributed by atoms with van der Waals surface area (Å²) < 4.78 is 0. The van der Waals surface area contributed by atoms with Crippen LogP contribution in [-0.4, -0.2) is 54.2 Å². The number of aliphatic hydroxyl groups excluding tert-OH is 1. The minimum atomic E-state index is -0.309. The van der Waals surface area contributed by atoms with Crippen LogP contribution in [0.25, 0.3) is 0 Å². The first kappa shape index (κ1) is 16.0. The van der Waals surface area contributed by atoms with E-state index >= 15 is 0 Å². The van der Waals surface area contributed by atoms with Gasteiger partial charge in [0.25, 0.3) is 0 Å². The SMILES string of the molecule is CCN1CCN(CCC(O)c2ccc3c(c2)CCCC3)CC1. The van der Waals surface area contributed by atoms with E-state index in [1.807, 2.05) is 0 Å². The third kappa shape index (κ3) is 3.89. The molecule has 3 rings (SSSR count). The fourth-order valence-electron chi connectivity index (χ4n) is 3.76. The molecule has 2 aliphatic rings. The minimum Gasteiger partial charge on any atom is -0.388 e. The molecule has 22 heavy (non-hydrogen) atoms. The predicted octanol–water partition coefficient (Wildman–Crippen LogP) is 2.63. The smallest absolute Gasteiger partial charge is 0.0802 e. The molecule has 0 radical (unpaired) electrons. The zero-order valence-corrected chi connectivity index (χ0v) is 13.9. The maximum Gasteiger partial charge on any atom is 0.0802 e. The van der Waals surface area contributed by atoms with Gasteiger partial charge in [-0.2, -0.15) is 0 Å². The van der Waals surface area contributed by atoms with E-state index in [0.717, 1.165) is 38.2 Å². The summed E-state index contributed by atoms with van der Waals surface area (Å²) in [7, 11) is 0. The Bertz CT molecular complexity index is 480. The van der Waals surface area contributed by atoms with Gasteiger partial charge in [-0.3, -0.25) is 0 Å². The number of fused-ring (bicyclic) bond motifs is 1. The summed E-state index contributed by atoms with van der Waals surface area (Å²) in [5, 5.41) is 10.5. The number of benzene rings is 1. The van der Waals surface area contributed by atoms with Crippen LogP contribution in [0.5, 0.6) is 0 Å². The second kappa shape index (κ2) is 7.58. The molecule has 1 atom stereocenters. The lowest BCUT2D eigenvalue weighted by Crippen LogP contribution is -2.46. The van der Waals surface area contributed by atoms with Crippen LogP contribution in [0.2, 0.25) is 0 Å². The van der Waals surface area contributed by atoms with Gasteiger partial charge < -0.3 is 14.9 Å². The molecule has 1 fully saturated rings. The lowest BCUT2D eigenvalue weighted by molar-refractivity contribution is 0.105. The molecule has 1 aromatic carbocycles. The van der Waals surface area contributed by atoms with E-state index in [4.69, 9.17) is 0 Å². The summed E-state index contributed by atoms with van der Waals surface area (Å²) in [6.07, 6.45) is 5.57. The Balaban J connectivity index is 1.51. The Morgan fingerprint density at radius 1 is 1.00 bits per heavy atom. The molecule has 1 aromatic rings. The standard InChI is InChI=1S/C19H30N2O/c1-2-20-11-13-21(14-12-20)10-9-19(22)18-8-7-16-5-3-4-6-17(16)15-18/h7-8,15,19,22H,2-6,9-14H2,1H3. The van der Waals surface area contributed by atoms with Gasteiger partial charge in [0.2, 0.25) is 0 Å². The van der Waals surface area contributed by atoms with Gasteiger partial charge in [-0.15, -0.1) is 0 Å². The van der Waals surface area contributed by atoms with Crippen LogP contribution in [0.4, 0.5) is 0 Å². The summed E-state index contributed by atoms with van der Waals surface area (Å²) in [5.74, 6) is 0. The first-order valence-corrected chi connectivity index (χ1v) is 9.00. The van der Waals surface area contributed by atoms with Gasteiger partial charge in [0.05, 0.1) is 6.10 Å². The van der Waals surface area contributed by atoms with Crippen molar-refractivity contribution in [2.24, 2.45) is 0 Å². The summed E-state index contributed by atoms with van der Waals surface area (Å²) >= 11 is 0. The van der Waals surface area contributed by atoms with Crippen molar-refractivity contribution in [1.82, 2.24) is 9.80 Å². The van der Waals surface area contributed by atoms with Crippen LogP contribution < -0.4 is 0 Å². The third-order valence-corrected chi connectivity index (χ3v) is 5.39. The largest absolute Gasteiger partial charge is 0.388 e. The second-order valence-corrected chi connectivity index (χ2v) is 6.82. The Morgan fingerprint density at radius 2 is 1.68 bits per heavy atom. The quantitative estimate of drug-likeness (QED) is 0.906. The van der Waals surface area contributed by atoms with Crippen LogP contribution in [0, 0.1) is 0 Å². The summed E-state index contributed by atoms with van der Waals surface area (Å²) in [4.78, 5) is 4.99. The van der Waals surface area contributed by atoms with Crippen LogP contribution in [0.1, 0.15) is 49.0 Å². The van der Waals surface area contributed by atoms with E-state index in [9.17, 15) is 5.11 Å². The number of hydrogen-bond acceptors (Lipinski definition) is 3. The van der Waals surface area contributed by atoms with E-state index in [1.165, 1.54) is 49.9 Å². The molecule has 0 bridgehead atoms. The highest BCUT2D eigenvalue weighted by Crippen LogP contribution is 2.26. The molecular formula is C19H30N2O. The monoisotopic (exact) mass is 302 g/mol. The van der Waals surface area contributed by atoms with E-state index in [2.05, 4.69) is 34.9 Å². The molecule has 3 nitrogen and oxygen atoms in total. The minimum absolute atomic E-state index is 0.309. The molecule has 122 valence electrons. The molecule has 1 aliphatic carbocycles. The van der Waals surface area contributed by atoms with Crippen molar-refractivity contribution in [3.8, 4) is 0 Å². The third-order valence-electron chi connectivity index (χ3n) is 5.39. The summed E-state index contributed by atoms with van der Waals surface area (Å²) in [6.45, 7) is 9.03. The van der Waals surface area contributed by atoms with E-state index < -0.39 is 0 Å². The van der Waals surface area contributed by atoms with Gasteiger partial charge in [0.1, 0.15) is 0 Å². The number of piperazine rings is 1.